The molecular weight excluding hydrogens is 276 g/mol. The Kier molecular flexibility index (Phi) is 6.64. The number of aryl methyl sites for hydroxylation is 1. The molecule has 116 valence electrons. The van der Waals surface area contributed by atoms with Crippen LogP contribution in [0.2, 0.25) is 0 Å². The lowest BCUT2D eigenvalue weighted by Crippen LogP contribution is -2.35. The first-order chi connectivity index (χ1) is 9.36. The van der Waals surface area contributed by atoms with Crippen LogP contribution in [0, 0.1) is 5.92 Å². The molecule has 0 saturated heterocycles. The minimum Gasteiger partial charge on any atom is -0.317 e. The molecule has 2 N–H and O–H groups in total. The fraction of sp³-hybridized carbons (Fsp3) is 0.769. The maximum Gasteiger partial charge on any atom is 0.243 e. The predicted molar refractivity (Wildman–Crippen MR) is 80.0 cm³/mol. The number of nitrogens with one attached hydrogen (secondary N) is 2. The number of hydrogen-bond acceptors (Lipinski definition) is 4. The first kappa shape index (κ1) is 17.1. The molecule has 0 spiro atoms. The van der Waals surface area contributed by atoms with Crippen LogP contribution in [0.15, 0.2) is 17.3 Å². The smallest absolute Gasteiger partial charge is 0.243 e. The summed E-state index contributed by atoms with van der Waals surface area (Å²) in [5.74, 6) is 0.250. The van der Waals surface area contributed by atoms with Gasteiger partial charge in [-0.1, -0.05) is 20.8 Å². The number of hydrogen-bond donors (Lipinski definition) is 2. The zero-order chi connectivity index (χ0) is 15.2. The summed E-state index contributed by atoms with van der Waals surface area (Å²) >= 11 is 0. The Morgan fingerprint density at radius 2 is 2.05 bits per heavy atom. The van der Waals surface area contributed by atoms with E-state index in [1.54, 1.807) is 10.9 Å². The van der Waals surface area contributed by atoms with Gasteiger partial charge in [-0.3, -0.25) is 4.68 Å². The van der Waals surface area contributed by atoms with Crippen molar-refractivity contribution in [2.75, 3.05) is 13.1 Å². The van der Waals surface area contributed by atoms with Crippen LogP contribution in [0.5, 0.6) is 0 Å². The Hall–Kier alpha value is -0.920. The van der Waals surface area contributed by atoms with Gasteiger partial charge in [0.2, 0.25) is 10.0 Å². The molecule has 1 rings (SSSR count). The molecule has 0 amide bonds. The molecule has 0 bridgehead atoms. The second-order valence-corrected chi connectivity index (χ2v) is 7.01. The van der Waals surface area contributed by atoms with E-state index in [1.807, 2.05) is 20.8 Å². The van der Waals surface area contributed by atoms with Gasteiger partial charge in [-0.2, -0.15) is 5.10 Å². The lowest BCUT2D eigenvalue weighted by molar-refractivity contribution is 0.476. The lowest BCUT2D eigenvalue weighted by Gasteiger charge is -2.16. The summed E-state index contributed by atoms with van der Waals surface area (Å²) in [6.07, 6.45) is 3.91. The van der Waals surface area contributed by atoms with Crippen LogP contribution >= 0.6 is 0 Å². The van der Waals surface area contributed by atoms with E-state index in [0.29, 0.717) is 6.54 Å². The van der Waals surface area contributed by atoms with Crippen LogP contribution in [0.4, 0.5) is 0 Å². The van der Waals surface area contributed by atoms with Gasteiger partial charge in [-0.25, -0.2) is 13.1 Å². The van der Waals surface area contributed by atoms with E-state index in [9.17, 15) is 8.42 Å². The third-order valence-electron chi connectivity index (χ3n) is 3.25. The van der Waals surface area contributed by atoms with Crippen LogP contribution in [0.25, 0.3) is 0 Å². The third-order valence-corrected chi connectivity index (χ3v) is 4.77. The van der Waals surface area contributed by atoms with Crippen molar-refractivity contribution in [3.05, 3.63) is 12.4 Å². The van der Waals surface area contributed by atoms with Gasteiger partial charge >= 0.3 is 0 Å². The molecule has 1 atom stereocenters. The Morgan fingerprint density at radius 1 is 1.35 bits per heavy atom. The summed E-state index contributed by atoms with van der Waals surface area (Å²) < 4.78 is 28.7. The second-order valence-electron chi connectivity index (χ2n) is 5.30. The highest BCUT2D eigenvalue weighted by atomic mass is 32.2. The highest BCUT2D eigenvalue weighted by Crippen LogP contribution is 2.10. The fourth-order valence-electron chi connectivity index (χ4n) is 1.60. The highest BCUT2D eigenvalue weighted by molar-refractivity contribution is 7.89. The maximum absolute atomic E-state index is 12.2. The van der Waals surface area contributed by atoms with Gasteiger partial charge in [-0.05, 0) is 32.4 Å². The van der Waals surface area contributed by atoms with Crippen molar-refractivity contribution in [2.45, 2.75) is 51.6 Å². The Labute approximate surface area is 122 Å². The Bertz CT molecular complexity index is 496. The number of nitrogens with zero attached hydrogens (tertiary/aromatic N) is 2. The molecule has 0 aromatic carbocycles. The molecule has 0 aliphatic rings. The Morgan fingerprint density at radius 3 is 2.65 bits per heavy atom. The van der Waals surface area contributed by atoms with Crippen LogP contribution in [0.1, 0.15) is 34.1 Å². The minimum absolute atomic E-state index is 0.0999. The molecule has 0 saturated carbocycles. The normalized spacial score (nSPS) is 13.8. The first-order valence-electron chi connectivity index (χ1n) is 7.12. The molecular formula is C13H26N4O2S. The van der Waals surface area contributed by atoms with Crippen molar-refractivity contribution in [1.29, 1.82) is 0 Å². The van der Waals surface area contributed by atoms with Gasteiger partial charge in [0.1, 0.15) is 4.90 Å². The molecule has 0 aliphatic heterocycles. The molecule has 0 fully saturated rings. The summed E-state index contributed by atoms with van der Waals surface area (Å²) in [5.41, 5.74) is 0. The van der Waals surface area contributed by atoms with E-state index < -0.39 is 10.0 Å². The SMILES string of the molecule is CCNCCCn1cc(S(=O)(=O)NC(C)C(C)C)cn1. The minimum atomic E-state index is -3.47. The topological polar surface area (TPSA) is 76.0 Å². The van der Waals surface area contributed by atoms with Crippen molar-refractivity contribution < 1.29 is 8.42 Å². The van der Waals surface area contributed by atoms with E-state index in [4.69, 9.17) is 0 Å². The zero-order valence-electron chi connectivity index (χ0n) is 12.8. The monoisotopic (exact) mass is 302 g/mol. The van der Waals surface area contributed by atoms with Crippen molar-refractivity contribution in [2.24, 2.45) is 5.92 Å². The number of aromatic nitrogens is 2. The van der Waals surface area contributed by atoms with Gasteiger partial charge in [0, 0.05) is 18.8 Å². The van der Waals surface area contributed by atoms with E-state index in [0.717, 1.165) is 19.5 Å². The fourth-order valence-corrected chi connectivity index (χ4v) is 2.94. The van der Waals surface area contributed by atoms with Gasteiger partial charge in [0.05, 0.1) is 6.20 Å². The van der Waals surface area contributed by atoms with E-state index in [-0.39, 0.29) is 16.9 Å². The molecule has 1 unspecified atom stereocenters. The predicted octanol–water partition coefficient (Wildman–Crippen LogP) is 1.21. The zero-order valence-corrected chi connectivity index (χ0v) is 13.6. The summed E-state index contributed by atoms with van der Waals surface area (Å²) in [6.45, 7) is 10.4. The standard InChI is InChI=1S/C13H26N4O2S/c1-5-14-7-6-8-17-10-13(9-15-17)20(18,19)16-12(4)11(2)3/h9-12,14,16H,5-8H2,1-4H3. The van der Waals surface area contributed by atoms with Gasteiger partial charge in [-0.15, -0.1) is 0 Å². The molecule has 1 aromatic rings. The van der Waals surface area contributed by atoms with E-state index in [1.165, 1.54) is 6.20 Å². The molecule has 0 aliphatic carbocycles. The number of rotatable bonds is 9. The average Bonchev–Trinajstić information content (AvgIpc) is 2.83. The molecule has 6 nitrogen and oxygen atoms in total. The highest BCUT2D eigenvalue weighted by Gasteiger charge is 2.20. The van der Waals surface area contributed by atoms with Crippen molar-refractivity contribution in [1.82, 2.24) is 19.8 Å². The van der Waals surface area contributed by atoms with Crippen molar-refractivity contribution >= 4 is 10.0 Å². The summed E-state index contributed by atoms with van der Waals surface area (Å²) in [5, 5.41) is 7.32. The van der Waals surface area contributed by atoms with Gasteiger partial charge in [0.15, 0.2) is 0 Å². The van der Waals surface area contributed by atoms with Crippen LogP contribution in [-0.2, 0) is 16.6 Å². The summed E-state index contributed by atoms with van der Waals surface area (Å²) in [7, 11) is -3.47. The van der Waals surface area contributed by atoms with Crippen molar-refractivity contribution in [3.63, 3.8) is 0 Å². The van der Waals surface area contributed by atoms with Crippen molar-refractivity contribution in [3.8, 4) is 0 Å². The molecule has 20 heavy (non-hydrogen) atoms. The Balaban J connectivity index is 2.61. The van der Waals surface area contributed by atoms with Crippen LogP contribution < -0.4 is 10.0 Å². The summed E-state index contributed by atoms with van der Waals surface area (Å²) in [6, 6.07) is -0.0999. The average molecular weight is 302 g/mol. The lowest BCUT2D eigenvalue weighted by atomic mass is 10.1. The molecule has 1 heterocycles. The van der Waals surface area contributed by atoms with Crippen LogP contribution in [-0.4, -0.2) is 37.3 Å². The quantitative estimate of drug-likeness (QED) is 0.672. The second kappa shape index (κ2) is 7.75. The summed E-state index contributed by atoms with van der Waals surface area (Å²) in [4.78, 5) is 0.230. The third kappa shape index (κ3) is 5.22. The molecule has 7 heteroatoms. The van der Waals surface area contributed by atoms with Gasteiger partial charge < -0.3 is 5.32 Å². The molecule has 0 radical (unpaired) electrons. The van der Waals surface area contributed by atoms with E-state index in [2.05, 4.69) is 22.1 Å². The number of sulfonamides is 1. The van der Waals surface area contributed by atoms with Gasteiger partial charge in [0.25, 0.3) is 0 Å². The molecule has 1 aromatic heterocycles. The van der Waals surface area contributed by atoms with E-state index >= 15 is 0 Å². The largest absolute Gasteiger partial charge is 0.317 e. The maximum atomic E-state index is 12.2. The first-order valence-corrected chi connectivity index (χ1v) is 8.60. The van der Waals surface area contributed by atoms with Crippen LogP contribution in [0.3, 0.4) is 0 Å².